The molecule has 1 rings (SSSR count). The number of hydrogen-bond acceptors (Lipinski definition) is 3. The number of carbonyl (C=O) groups excluding carboxylic acids is 1. The van der Waals surface area contributed by atoms with Gasteiger partial charge in [0, 0.05) is 25.9 Å². The molecule has 1 fully saturated rings. The van der Waals surface area contributed by atoms with Crippen LogP contribution in [-0.2, 0) is 14.3 Å². The minimum Gasteiger partial charge on any atom is -0.481 e. The molecule has 152 valence electrons. The van der Waals surface area contributed by atoms with Gasteiger partial charge >= 0.3 is 5.97 Å². The summed E-state index contributed by atoms with van der Waals surface area (Å²) in [4.78, 5) is 24.3. The summed E-state index contributed by atoms with van der Waals surface area (Å²) in [5.74, 6) is -0.370. The Bertz CT molecular complexity index is 367. The van der Waals surface area contributed by atoms with Crippen LogP contribution < -0.4 is 0 Å². The van der Waals surface area contributed by atoms with Crippen LogP contribution in [0.15, 0.2) is 0 Å². The van der Waals surface area contributed by atoms with Crippen LogP contribution in [0, 0.1) is 0 Å². The van der Waals surface area contributed by atoms with Crippen molar-refractivity contribution < 1.29 is 19.4 Å². The van der Waals surface area contributed by atoms with Crippen LogP contribution in [0.1, 0.15) is 96.3 Å². The van der Waals surface area contributed by atoms with E-state index in [4.69, 9.17) is 9.84 Å². The molecule has 0 unspecified atom stereocenters. The molecule has 0 aromatic carbocycles. The van der Waals surface area contributed by atoms with E-state index in [9.17, 15) is 9.59 Å². The van der Waals surface area contributed by atoms with E-state index < -0.39 is 5.97 Å². The van der Waals surface area contributed by atoms with Crippen molar-refractivity contribution in [1.82, 2.24) is 4.90 Å². The molecule has 0 aliphatic carbocycles. The molecule has 1 heterocycles. The average molecular weight is 370 g/mol. The number of aliphatic carboxylic acids is 1. The van der Waals surface area contributed by atoms with Gasteiger partial charge in [0.25, 0.3) is 0 Å². The predicted molar refractivity (Wildman–Crippen MR) is 104 cm³/mol. The van der Waals surface area contributed by atoms with Crippen molar-refractivity contribution >= 4 is 11.9 Å². The number of carboxylic acids is 1. The van der Waals surface area contributed by atoms with E-state index in [2.05, 4.69) is 0 Å². The lowest BCUT2D eigenvalue weighted by Crippen LogP contribution is -2.40. The molecule has 1 amide bonds. The maximum absolute atomic E-state index is 12.0. The van der Waals surface area contributed by atoms with Crippen LogP contribution in [0.3, 0.4) is 0 Å². The monoisotopic (exact) mass is 369 g/mol. The summed E-state index contributed by atoms with van der Waals surface area (Å²) < 4.78 is 5.27. The van der Waals surface area contributed by atoms with E-state index in [1.165, 1.54) is 64.2 Å². The molecule has 0 aromatic heterocycles. The third-order valence-corrected chi connectivity index (χ3v) is 5.15. The van der Waals surface area contributed by atoms with Crippen LogP contribution in [-0.4, -0.2) is 48.2 Å². The molecule has 0 saturated carbocycles. The molecule has 0 bridgehead atoms. The minimum atomic E-state index is -0.672. The summed E-state index contributed by atoms with van der Waals surface area (Å²) >= 11 is 0. The average Bonchev–Trinajstić information content (AvgIpc) is 2.65. The molecule has 1 saturated heterocycles. The lowest BCUT2D eigenvalue weighted by atomic mass is 10.0. The first-order chi connectivity index (χ1) is 12.7. The Morgan fingerprint density at radius 1 is 0.654 bits per heavy atom. The van der Waals surface area contributed by atoms with E-state index in [1.807, 2.05) is 4.90 Å². The first-order valence-electron chi connectivity index (χ1n) is 10.8. The molecule has 0 atom stereocenters. The Balaban J connectivity index is 1.74. The molecule has 1 aliphatic rings. The number of nitrogens with zero attached hydrogens (tertiary/aromatic N) is 1. The largest absolute Gasteiger partial charge is 0.481 e. The smallest absolute Gasteiger partial charge is 0.303 e. The van der Waals surface area contributed by atoms with Crippen molar-refractivity contribution in [3.05, 3.63) is 0 Å². The lowest BCUT2D eigenvalue weighted by molar-refractivity contribution is -0.137. The zero-order valence-corrected chi connectivity index (χ0v) is 16.6. The number of carbonyl (C=O) groups is 2. The summed E-state index contributed by atoms with van der Waals surface area (Å²) in [7, 11) is 0. The fourth-order valence-electron chi connectivity index (χ4n) is 3.47. The zero-order valence-electron chi connectivity index (χ0n) is 16.6. The Labute approximate surface area is 159 Å². The minimum absolute atomic E-state index is 0.302. The van der Waals surface area contributed by atoms with Crippen LogP contribution >= 0.6 is 0 Å². The van der Waals surface area contributed by atoms with Crippen LogP contribution in [0.4, 0.5) is 0 Å². The number of hydrogen-bond donors (Lipinski definition) is 1. The number of ether oxygens (including phenoxy) is 1. The highest BCUT2D eigenvalue weighted by molar-refractivity contribution is 5.76. The number of unbranched alkanes of at least 4 members (excludes halogenated alkanes) is 12. The van der Waals surface area contributed by atoms with Gasteiger partial charge in [0.2, 0.25) is 5.91 Å². The van der Waals surface area contributed by atoms with E-state index >= 15 is 0 Å². The second-order valence-electron chi connectivity index (χ2n) is 7.48. The van der Waals surface area contributed by atoms with Crippen molar-refractivity contribution in [3.8, 4) is 0 Å². The maximum atomic E-state index is 12.0. The van der Waals surface area contributed by atoms with Gasteiger partial charge in [-0.15, -0.1) is 0 Å². The van der Waals surface area contributed by atoms with E-state index in [0.29, 0.717) is 32.0 Å². The van der Waals surface area contributed by atoms with Crippen molar-refractivity contribution in [1.29, 1.82) is 0 Å². The van der Waals surface area contributed by atoms with Crippen LogP contribution in [0.2, 0.25) is 0 Å². The first kappa shape index (κ1) is 22.9. The van der Waals surface area contributed by atoms with Crippen molar-refractivity contribution in [3.63, 3.8) is 0 Å². The topological polar surface area (TPSA) is 66.8 Å². The lowest BCUT2D eigenvalue weighted by Gasteiger charge is -2.26. The van der Waals surface area contributed by atoms with Gasteiger partial charge in [-0.05, 0) is 12.8 Å². The third-order valence-electron chi connectivity index (χ3n) is 5.15. The van der Waals surface area contributed by atoms with Crippen LogP contribution in [0.25, 0.3) is 0 Å². The second-order valence-corrected chi connectivity index (χ2v) is 7.48. The normalized spacial score (nSPS) is 14.5. The highest BCUT2D eigenvalue weighted by atomic mass is 16.5. The Morgan fingerprint density at radius 3 is 1.46 bits per heavy atom. The predicted octanol–water partition coefficient (Wildman–Crippen LogP) is 4.78. The molecule has 1 N–H and O–H groups in total. The number of carboxylic acid groups (broad SMARTS) is 1. The molecule has 26 heavy (non-hydrogen) atoms. The molecule has 1 aliphatic heterocycles. The highest BCUT2D eigenvalue weighted by Gasteiger charge is 2.15. The molecular weight excluding hydrogens is 330 g/mol. The van der Waals surface area contributed by atoms with Crippen LogP contribution in [0.5, 0.6) is 0 Å². The molecule has 0 aromatic rings. The van der Waals surface area contributed by atoms with Gasteiger partial charge in [0.1, 0.15) is 0 Å². The van der Waals surface area contributed by atoms with Gasteiger partial charge in [-0.1, -0.05) is 70.6 Å². The Kier molecular flexibility index (Phi) is 14.2. The van der Waals surface area contributed by atoms with Gasteiger partial charge in [-0.2, -0.15) is 0 Å². The van der Waals surface area contributed by atoms with Crippen molar-refractivity contribution in [2.24, 2.45) is 0 Å². The number of morpholine rings is 1. The van der Waals surface area contributed by atoms with Gasteiger partial charge in [0.05, 0.1) is 13.2 Å². The first-order valence-corrected chi connectivity index (χ1v) is 10.8. The van der Waals surface area contributed by atoms with Crippen molar-refractivity contribution in [2.45, 2.75) is 96.3 Å². The quantitative estimate of drug-likeness (QED) is 0.398. The van der Waals surface area contributed by atoms with Gasteiger partial charge < -0.3 is 14.7 Å². The third kappa shape index (κ3) is 13.2. The van der Waals surface area contributed by atoms with Gasteiger partial charge in [-0.25, -0.2) is 0 Å². The van der Waals surface area contributed by atoms with Gasteiger partial charge in [0.15, 0.2) is 0 Å². The number of rotatable bonds is 16. The number of amides is 1. The molecular formula is C21H39NO4. The van der Waals surface area contributed by atoms with Crippen molar-refractivity contribution in [2.75, 3.05) is 26.3 Å². The Morgan fingerprint density at radius 2 is 1.04 bits per heavy atom. The highest BCUT2D eigenvalue weighted by Crippen LogP contribution is 2.14. The summed E-state index contributed by atoms with van der Waals surface area (Å²) in [5, 5.41) is 8.56. The second kappa shape index (κ2) is 16.1. The summed E-state index contributed by atoms with van der Waals surface area (Å²) in [6.45, 7) is 2.91. The Hall–Kier alpha value is -1.10. The summed E-state index contributed by atoms with van der Waals surface area (Å²) in [5.41, 5.74) is 0. The molecule has 5 nitrogen and oxygen atoms in total. The fourth-order valence-corrected chi connectivity index (χ4v) is 3.47. The standard InChI is InChI=1S/C21H39NO4/c23-20(22-16-18-26-19-17-22)14-12-10-8-6-4-2-1-3-5-7-9-11-13-15-21(24)25/h1-19H2,(H,24,25). The van der Waals surface area contributed by atoms with Gasteiger partial charge in [-0.3, -0.25) is 9.59 Å². The molecule has 0 radical (unpaired) electrons. The van der Waals surface area contributed by atoms with E-state index in [0.717, 1.165) is 32.4 Å². The zero-order chi connectivity index (χ0) is 18.9. The summed E-state index contributed by atoms with van der Waals surface area (Å²) in [6.07, 6.45) is 16.6. The SMILES string of the molecule is O=C(O)CCCCCCCCCCCCCCCC(=O)N1CCOCC1. The molecule has 0 spiro atoms. The van der Waals surface area contributed by atoms with E-state index in [-0.39, 0.29) is 0 Å². The summed E-state index contributed by atoms with van der Waals surface area (Å²) in [6, 6.07) is 0. The van der Waals surface area contributed by atoms with E-state index in [1.54, 1.807) is 0 Å². The maximum Gasteiger partial charge on any atom is 0.303 e. The fraction of sp³-hybridized carbons (Fsp3) is 0.905. The molecule has 5 heteroatoms.